The van der Waals surface area contributed by atoms with Crippen molar-refractivity contribution in [1.82, 2.24) is 0 Å². The predicted octanol–water partition coefficient (Wildman–Crippen LogP) is -6.22. The summed E-state index contributed by atoms with van der Waals surface area (Å²) in [5.74, 6) is 0. The van der Waals surface area contributed by atoms with Crippen molar-refractivity contribution in [1.29, 1.82) is 0 Å². The largest absolute Gasteiger partial charge is 0.412 e. The first kappa shape index (κ1) is 21.6. The summed E-state index contributed by atoms with van der Waals surface area (Å²) < 4.78 is 15.1. The first-order valence-corrected chi connectivity index (χ1v) is 7.07. The lowest BCUT2D eigenvalue weighted by molar-refractivity contribution is -0.325. The summed E-state index contributed by atoms with van der Waals surface area (Å²) in [6, 6.07) is 0. The van der Waals surface area contributed by atoms with Gasteiger partial charge >= 0.3 is 0 Å². The second kappa shape index (κ2) is 8.75. The molecule has 0 aromatic carbocycles. The fraction of sp³-hybridized carbons (Fsp3) is 1.00. The van der Waals surface area contributed by atoms with Crippen molar-refractivity contribution < 1.29 is 60.5 Å². The van der Waals surface area contributed by atoms with Gasteiger partial charge in [0.05, 0.1) is 13.2 Å². The van der Waals surface area contributed by atoms with Crippen molar-refractivity contribution >= 4 is 0 Å². The number of aliphatic hydroxyl groups excluding tert-OH is 8. The summed E-state index contributed by atoms with van der Waals surface area (Å²) in [5.41, 5.74) is 0. The minimum absolute atomic E-state index is 0. The Morgan fingerprint density at radius 1 is 0.667 bits per heavy atom. The average molecular weight is 360 g/mol. The zero-order valence-electron chi connectivity index (χ0n) is 12.5. The summed E-state index contributed by atoms with van der Waals surface area (Å²) >= 11 is 0. The molecule has 0 spiro atoms. The molecule has 0 saturated carbocycles. The van der Waals surface area contributed by atoms with Gasteiger partial charge in [0.15, 0.2) is 12.6 Å². The highest BCUT2D eigenvalue weighted by Crippen LogP contribution is 2.24. The molecule has 0 aromatic rings. The Morgan fingerprint density at radius 2 is 1.21 bits per heavy atom. The third-order valence-electron chi connectivity index (χ3n) is 3.96. The first-order valence-electron chi connectivity index (χ1n) is 7.07. The van der Waals surface area contributed by atoms with Crippen LogP contribution in [0.3, 0.4) is 0 Å². The van der Waals surface area contributed by atoms with Crippen LogP contribution in [0.2, 0.25) is 0 Å². The van der Waals surface area contributed by atoms with Crippen molar-refractivity contribution in [3.05, 3.63) is 0 Å². The minimum Gasteiger partial charge on any atom is -0.412 e. The predicted molar refractivity (Wildman–Crippen MR) is 72.2 cm³/mol. The van der Waals surface area contributed by atoms with Gasteiger partial charge in [-0.15, -0.1) is 0 Å². The molecule has 0 aliphatic carbocycles. The summed E-state index contributed by atoms with van der Waals surface area (Å²) in [6.45, 7) is -1.10. The molecule has 12 nitrogen and oxygen atoms in total. The molecule has 10 N–H and O–H groups in total. The fourth-order valence-corrected chi connectivity index (χ4v) is 2.46. The van der Waals surface area contributed by atoms with Crippen LogP contribution in [0.4, 0.5) is 0 Å². The third kappa shape index (κ3) is 4.19. The molecule has 10 atom stereocenters. The highest BCUT2D eigenvalue weighted by molar-refractivity contribution is 4.91. The number of ether oxygens (including phenoxy) is 3. The van der Waals surface area contributed by atoms with Gasteiger partial charge in [0, 0.05) is 0 Å². The van der Waals surface area contributed by atoms with Crippen LogP contribution in [0.15, 0.2) is 0 Å². The van der Waals surface area contributed by atoms with E-state index in [1.165, 1.54) is 0 Å². The van der Waals surface area contributed by atoms with Gasteiger partial charge in [0.2, 0.25) is 0 Å². The average Bonchev–Trinajstić information content (AvgIpc) is 2.54. The second-order valence-electron chi connectivity index (χ2n) is 5.57. The molecule has 0 radical (unpaired) electrons. The van der Waals surface area contributed by atoms with Gasteiger partial charge in [0.25, 0.3) is 0 Å². The molecule has 2 rings (SSSR count). The van der Waals surface area contributed by atoms with E-state index in [1.807, 2.05) is 0 Å². The first-order chi connectivity index (χ1) is 10.8. The Balaban J connectivity index is 0.00000288. The molecule has 2 heterocycles. The zero-order valence-corrected chi connectivity index (χ0v) is 12.5. The molecule has 0 aromatic heterocycles. The van der Waals surface area contributed by atoms with E-state index in [4.69, 9.17) is 19.3 Å². The number of hydrogen-bond donors (Lipinski definition) is 8. The Hall–Kier alpha value is -0.480. The highest BCUT2D eigenvalue weighted by Gasteiger charge is 2.46. The lowest BCUT2D eigenvalue weighted by Gasteiger charge is -2.41. The van der Waals surface area contributed by atoms with E-state index in [0.717, 1.165) is 0 Å². The van der Waals surface area contributed by atoms with Crippen LogP contribution in [0, 0.1) is 0 Å². The molecular weight excluding hydrogens is 336 g/mol. The maximum Gasteiger partial charge on any atom is 0.186 e. The third-order valence-corrected chi connectivity index (χ3v) is 3.96. The van der Waals surface area contributed by atoms with Crippen LogP contribution < -0.4 is 0 Å². The van der Waals surface area contributed by atoms with Crippen LogP contribution in [0.25, 0.3) is 0 Å². The normalized spacial score (nSPS) is 49.5. The van der Waals surface area contributed by atoms with Gasteiger partial charge in [-0.25, -0.2) is 0 Å². The monoisotopic (exact) mass is 360 g/mol. The van der Waals surface area contributed by atoms with Crippen molar-refractivity contribution in [2.45, 2.75) is 61.4 Å². The Labute approximate surface area is 136 Å². The molecule has 0 bridgehead atoms. The molecular formula is C12H24O12. The molecule has 2 fully saturated rings. The topological polar surface area (TPSA) is 221 Å². The Morgan fingerprint density at radius 3 is 1.79 bits per heavy atom. The molecule has 24 heavy (non-hydrogen) atoms. The van der Waals surface area contributed by atoms with Crippen LogP contribution in [-0.2, 0) is 14.2 Å². The standard InChI is InChI=1S/C12H22O11.H2O/c13-1-3-5(14)8(17)10(19)12(23-3)21-2-4-6(15)7(16)9(18)11(20)22-4;/h3-20H,1-2H2;1H2/t3-,4-,5-,6+,7-,8+,9-,10-,11+,12-;/m1./s1. The van der Waals surface area contributed by atoms with Gasteiger partial charge in [0.1, 0.15) is 48.8 Å². The van der Waals surface area contributed by atoms with Gasteiger partial charge < -0.3 is 60.5 Å². The van der Waals surface area contributed by atoms with E-state index >= 15 is 0 Å². The molecule has 2 saturated heterocycles. The Kier molecular flexibility index (Phi) is 7.86. The van der Waals surface area contributed by atoms with Crippen LogP contribution >= 0.6 is 0 Å². The number of rotatable bonds is 4. The van der Waals surface area contributed by atoms with Crippen molar-refractivity contribution in [3.8, 4) is 0 Å². The number of aliphatic hydroxyl groups is 8. The number of hydrogen-bond acceptors (Lipinski definition) is 11. The molecule has 2 aliphatic heterocycles. The smallest absolute Gasteiger partial charge is 0.186 e. The Bertz CT molecular complexity index is 381. The van der Waals surface area contributed by atoms with Crippen molar-refractivity contribution in [2.75, 3.05) is 13.2 Å². The fourth-order valence-electron chi connectivity index (χ4n) is 2.46. The van der Waals surface area contributed by atoms with Gasteiger partial charge in [-0.2, -0.15) is 0 Å². The summed E-state index contributed by atoms with van der Waals surface area (Å²) in [5, 5.41) is 76.1. The molecule has 144 valence electrons. The molecule has 12 heteroatoms. The van der Waals surface area contributed by atoms with Gasteiger partial charge in [-0.1, -0.05) is 0 Å². The van der Waals surface area contributed by atoms with Gasteiger partial charge in [-0.05, 0) is 0 Å². The lowest BCUT2D eigenvalue weighted by atomic mass is 9.98. The molecule has 0 unspecified atom stereocenters. The zero-order chi connectivity index (χ0) is 17.3. The maximum atomic E-state index is 9.78. The van der Waals surface area contributed by atoms with E-state index in [1.54, 1.807) is 0 Å². The summed E-state index contributed by atoms with van der Waals surface area (Å²) in [6.07, 6.45) is -15.3. The second-order valence-corrected chi connectivity index (χ2v) is 5.57. The highest BCUT2D eigenvalue weighted by atomic mass is 16.7. The van der Waals surface area contributed by atoms with E-state index < -0.39 is 74.6 Å². The van der Waals surface area contributed by atoms with E-state index in [2.05, 4.69) is 0 Å². The van der Waals surface area contributed by atoms with E-state index in [-0.39, 0.29) is 5.48 Å². The van der Waals surface area contributed by atoms with Crippen molar-refractivity contribution in [2.24, 2.45) is 0 Å². The molecule has 2 aliphatic rings. The van der Waals surface area contributed by atoms with Gasteiger partial charge in [-0.3, -0.25) is 0 Å². The van der Waals surface area contributed by atoms with Crippen LogP contribution in [0.1, 0.15) is 0 Å². The summed E-state index contributed by atoms with van der Waals surface area (Å²) in [4.78, 5) is 0. The summed E-state index contributed by atoms with van der Waals surface area (Å²) in [7, 11) is 0. The van der Waals surface area contributed by atoms with E-state index in [0.29, 0.717) is 0 Å². The lowest BCUT2D eigenvalue weighted by Crippen LogP contribution is -2.61. The minimum atomic E-state index is -1.74. The van der Waals surface area contributed by atoms with Crippen LogP contribution in [-0.4, -0.2) is 121 Å². The SMILES string of the molecule is O.OC[C@H]1O[C@@H](OC[C@H]2O[C@H](O)[C@H](O)[C@H](O)[C@H]2O)[C@H](O)[C@@H](O)[C@@H]1O. The maximum absolute atomic E-state index is 9.78. The van der Waals surface area contributed by atoms with E-state index in [9.17, 15) is 35.7 Å². The van der Waals surface area contributed by atoms with Crippen molar-refractivity contribution in [3.63, 3.8) is 0 Å². The van der Waals surface area contributed by atoms with Crippen LogP contribution in [0.5, 0.6) is 0 Å². The quantitative estimate of drug-likeness (QED) is 0.235. The molecule has 0 amide bonds.